The number of carbonyl (C=O) groups excluding carboxylic acids is 1. The minimum absolute atomic E-state index is 0.0746. The fourth-order valence-corrected chi connectivity index (χ4v) is 4.40. The molecule has 2 fully saturated rings. The average Bonchev–Trinajstić information content (AvgIpc) is 2.97. The van der Waals surface area contributed by atoms with E-state index in [1.165, 1.54) is 32.1 Å². The van der Waals surface area contributed by atoms with Crippen LogP contribution in [-0.4, -0.2) is 63.3 Å². The molecule has 2 heterocycles. The molecule has 2 aliphatic rings. The zero-order valence-electron chi connectivity index (χ0n) is 15.6. The van der Waals surface area contributed by atoms with Crippen LogP contribution in [0, 0.1) is 12.8 Å². The van der Waals surface area contributed by atoms with Gasteiger partial charge in [-0.2, -0.15) is 5.10 Å². The standard InChI is InChI=1S/C19H32N4O2/c1-15-11-17(21-20-15)13-22(2)14-19(25)9-6-10-23(18(19)24)12-16-7-4-3-5-8-16/h11,16,25H,3-10,12-14H2,1-2H3,(H,20,21). The Hall–Kier alpha value is -1.40. The van der Waals surface area contributed by atoms with Crippen molar-refractivity contribution in [1.82, 2.24) is 20.0 Å². The summed E-state index contributed by atoms with van der Waals surface area (Å²) < 4.78 is 0. The number of hydrogen-bond donors (Lipinski definition) is 2. The summed E-state index contributed by atoms with van der Waals surface area (Å²) >= 11 is 0. The zero-order valence-corrected chi connectivity index (χ0v) is 15.6. The van der Waals surface area contributed by atoms with Gasteiger partial charge in [0.05, 0.1) is 5.69 Å². The zero-order chi connectivity index (χ0) is 17.9. The first kappa shape index (κ1) is 18.4. The van der Waals surface area contributed by atoms with E-state index < -0.39 is 5.60 Å². The van der Waals surface area contributed by atoms with Crippen molar-refractivity contribution < 1.29 is 9.90 Å². The number of aryl methyl sites for hydroxylation is 1. The molecule has 3 rings (SSSR count). The fourth-order valence-electron chi connectivity index (χ4n) is 4.40. The van der Waals surface area contributed by atoms with E-state index in [1.807, 2.05) is 29.8 Å². The highest BCUT2D eigenvalue weighted by Gasteiger charge is 2.43. The van der Waals surface area contributed by atoms with Crippen LogP contribution in [0.25, 0.3) is 0 Å². The summed E-state index contributed by atoms with van der Waals surface area (Å²) in [6, 6.07) is 2.00. The van der Waals surface area contributed by atoms with Crippen LogP contribution in [-0.2, 0) is 11.3 Å². The third-order valence-corrected chi connectivity index (χ3v) is 5.63. The van der Waals surface area contributed by atoms with Crippen molar-refractivity contribution in [3.05, 3.63) is 17.5 Å². The lowest BCUT2D eigenvalue weighted by molar-refractivity contribution is -0.160. The predicted molar refractivity (Wildman–Crippen MR) is 97.0 cm³/mol. The first-order chi connectivity index (χ1) is 12.0. The van der Waals surface area contributed by atoms with E-state index in [1.54, 1.807) is 0 Å². The molecule has 0 bridgehead atoms. The number of aliphatic hydroxyl groups is 1. The predicted octanol–water partition coefficient (Wildman–Crippen LogP) is 2.08. The van der Waals surface area contributed by atoms with Gasteiger partial charge in [-0.3, -0.25) is 14.8 Å². The number of piperidine rings is 1. The minimum atomic E-state index is -1.26. The van der Waals surface area contributed by atoms with Crippen LogP contribution in [0.2, 0.25) is 0 Å². The lowest BCUT2D eigenvalue weighted by Crippen LogP contribution is -2.58. The van der Waals surface area contributed by atoms with E-state index in [9.17, 15) is 9.90 Å². The largest absolute Gasteiger partial charge is 0.379 e. The average molecular weight is 348 g/mol. The van der Waals surface area contributed by atoms with Gasteiger partial charge in [0.25, 0.3) is 5.91 Å². The monoisotopic (exact) mass is 348 g/mol. The summed E-state index contributed by atoms with van der Waals surface area (Å²) in [6.07, 6.45) is 7.76. The number of aromatic amines is 1. The number of likely N-dealkylation sites (N-methyl/N-ethyl adjacent to an activating group) is 1. The molecule has 0 spiro atoms. The molecule has 1 amide bonds. The van der Waals surface area contributed by atoms with Gasteiger partial charge in [0.2, 0.25) is 0 Å². The normalized spacial score (nSPS) is 25.8. The molecule has 1 aromatic heterocycles. The number of amides is 1. The Labute approximate surface area is 150 Å². The van der Waals surface area contributed by atoms with Gasteiger partial charge >= 0.3 is 0 Å². The number of nitrogens with zero attached hydrogens (tertiary/aromatic N) is 3. The van der Waals surface area contributed by atoms with E-state index in [2.05, 4.69) is 10.2 Å². The van der Waals surface area contributed by atoms with Gasteiger partial charge in [-0.15, -0.1) is 0 Å². The smallest absolute Gasteiger partial charge is 0.255 e. The van der Waals surface area contributed by atoms with Crippen molar-refractivity contribution >= 4 is 5.91 Å². The van der Waals surface area contributed by atoms with Crippen LogP contribution in [0.3, 0.4) is 0 Å². The molecule has 1 aromatic rings. The lowest BCUT2D eigenvalue weighted by atomic mass is 9.86. The number of likely N-dealkylation sites (tertiary alicyclic amines) is 1. The second-order valence-electron chi connectivity index (χ2n) is 8.10. The Kier molecular flexibility index (Phi) is 5.79. The molecule has 6 heteroatoms. The number of hydrogen-bond acceptors (Lipinski definition) is 4. The second-order valence-corrected chi connectivity index (χ2v) is 8.10. The lowest BCUT2D eigenvalue weighted by Gasteiger charge is -2.41. The second kappa shape index (κ2) is 7.87. The highest BCUT2D eigenvalue weighted by molar-refractivity contribution is 5.86. The molecule has 140 valence electrons. The van der Waals surface area contributed by atoms with Gasteiger partial charge in [0.15, 0.2) is 5.60 Å². The van der Waals surface area contributed by atoms with Crippen LogP contribution in [0.5, 0.6) is 0 Å². The van der Waals surface area contributed by atoms with E-state index in [0.717, 1.165) is 30.9 Å². The third-order valence-electron chi connectivity index (χ3n) is 5.63. The molecule has 1 aliphatic carbocycles. The maximum Gasteiger partial charge on any atom is 0.255 e. The summed E-state index contributed by atoms with van der Waals surface area (Å²) in [6.45, 7) is 4.57. The molecule has 0 aromatic carbocycles. The maximum absolute atomic E-state index is 12.9. The molecule has 2 N–H and O–H groups in total. The van der Waals surface area contributed by atoms with Crippen molar-refractivity contribution in [2.45, 2.75) is 64.0 Å². The molecule has 1 saturated heterocycles. The molecule has 0 radical (unpaired) electrons. The number of carbonyl (C=O) groups is 1. The number of nitrogens with one attached hydrogen (secondary N) is 1. The Morgan fingerprint density at radius 1 is 1.36 bits per heavy atom. The van der Waals surface area contributed by atoms with Gasteiger partial charge in [-0.25, -0.2) is 0 Å². The summed E-state index contributed by atoms with van der Waals surface area (Å²) in [7, 11) is 1.94. The molecular formula is C19H32N4O2. The highest BCUT2D eigenvalue weighted by atomic mass is 16.3. The SMILES string of the molecule is Cc1cc(CN(C)CC2(O)CCCN(CC3CCCCC3)C2=O)n[nH]1. The Balaban J connectivity index is 1.57. The van der Waals surface area contributed by atoms with Gasteiger partial charge < -0.3 is 10.0 Å². The van der Waals surface area contributed by atoms with Gasteiger partial charge in [-0.1, -0.05) is 19.3 Å². The molecule has 25 heavy (non-hydrogen) atoms. The van der Waals surface area contributed by atoms with Crippen molar-refractivity contribution in [2.75, 3.05) is 26.7 Å². The first-order valence-corrected chi connectivity index (χ1v) is 9.67. The molecular weight excluding hydrogens is 316 g/mol. The molecule has 1 saturated carbocycles. The third kappa shape index (κ3) is 4.61. The first-order valence-electron chi connectivity index (χ1n) is 9.67. The number of rotatable bonds is 6. The Bertz CT molecular complexity index is 582. The van der Waals surface area contributed by atoms with Crippen LogP contribution in [0.15, 0.2) is 6.07 Å². The molecule has 6 nitrogen and oxygen atoms in total. The number of aromatic nitrogens is 2. The van der Waals surface area contributed by atoms with Crippen LogP contribution in [0.4, 0.5) is 0 Å². The molecule has 1 atom stereocenters. The summed E-state index contributed by atoms with van der Waals surface area (Å²) in [5, 5.41) is 18.2. The topological polar surface area (TPSA) is 72.5 Å². The van der Waals surface area contributed by atoms with E-state index in [4.69, 9.17) is 0 Å². The highest BCUT2D eigenvalue weighted by Crippen LogP contribution is 2.29. The van der Waals surface area contributed by atoms with Crippen LogP contribution in [0.1, 0.15) is 56.3 Å². The molecule has 1 unspecified atom stereocenters. The maximum atomic E-state index is 12.9. The molecule has 1 aliphatic heterocycles. The van der Waals surface area contributed by atoms with Crippen molar-refractivity contribution in [1.29, 1.82) is 0 Å². The minimum Gasteiger partial charge on any atom is -0.379 e. The van der Waals surface area contributed by atoms with E-state index in [-0.39, 0.29) is 5.91 Å². The van der Waals surface area contributed by atoms with Crippen molar-refractivity contribution in [3.8, 4) is 0 Å². The van der Waals surface area contributed by atoms with Gasteiger partial charge in [0, 0.05) is 31.9 Å². The fraction of sp³-hybridized carbons (Fsp3) is 0.789. The Morgan fingerprint density at radius 2 is 2.12 bits per heavy atom. The van der Waals surface area contributed by atoms with E-state index in [0.29, 0.717) is 25.4 Å². The Morgan fingerprint density at radius 3 is 2.80 bits per heavy atom. The van der Waals surface area contributed by atoms with Crippen molar-refractivity contribution in [3.63, 3.8) is 0 Å². The van der Waals surface area contributed by atoms with Crippen LogP contribution < -0.4 is 0 Å². The van der Waals surface area contributed by atoms with Gasteiger partial charge in [0.1, 0.15) is 0 Å². The summed E-state index contributed by atoms with van der Waals surface area (Å²) in [4.78, 5) is 16.9. The van der Waals surface area contributed by atoms with Gasteiger partial charge in [-0.05, 0) is 51.6 Å². The number of H-pyrrole nitrogens is 1. The quantitative estimate of drug-likeness (QED) is 0.826. The summed E-state index contributed by atoms with van der Waals surface area (Å²) in [5.41, 5.74) is 0.702. The van der Waals surface area contributed by atoms with E-state index >= 15 is 0 Å². The van der Waals surface area contributed by atoms with Crippen LogP contribution >= 0.6 is 0 Å². The summed E-state index contributed by atoms with van der Waals surface area (Å²) in [5.74, 6) is 0.541. The van der Waals surface area contributed by atoms with Crippen molar-refractivity contribution in [2.24, 2.45) is 5.92 Å².